The minimum atomic E-state index is -0.617. The maximum atomic E-state index is 12.4. The van der Waals surface area contributed by atoms with Crippen LogP contribution in [0, 0.1) is 13.8 Å². The molecule has 1 heterocycles. The van der Waals surface area contributed by atoms with Crippen LogP contribution in [0.2, 0.25) is 10.0 Å². The highest BCUT2D eigenvalue weighted by Gasteiger charge is 2.17. The molecule has 0 amide bonds. The van der Waals surface area contributed by atoms with Crippen molar-refractivity contribution in [2.24, 2.45) is 0 Å². The van der Waals surface area contributed by atoms with Gasteiger partial charge in [-0.2, -0.15) is 0 Å². The van der Waals surface area contributed by atoms with E-state index in [0.29, 0.717) is 27.3 Å². The van der Waals surface area contributed by atoms with Crippen LogP contribution in [0.25, 0.3) is 11.0 Å². The van der Waals surface area contributed by atoms with Crippen LogP contribution in [0.5, 0.6) is 5.75 Å². The number of aryl methyl sites for hydroxylation is 2. The van der Waals surface area contributed by atoms with Crippen molar-refractivity contribution in [2.75, 3.05) is 0 Å². The lowest BCUT2D eigenvalue weighted by atomic mass is 10.1. The maximum Gasteiger partial charge on any atom is 0.345 e. The van der Waals surface area contributed by atoms with Crippen LogP contribution in [0.4, 0.5) is 0 Å². The fraction of sp³-hybridized carbons (Fsp3) is 0.111. The van der Waals surface area contributed by atoms with E-state index < -0.39 is 11.6 Å². The Bertz CT molecular complexity index is 1020. The second-order valence-corrected chi connectivity index (χ2v) is 6.24. The zero-order valence-electron chi connectivity index (χ0n) is 12.9. The summed E-state index contributed by atoms with van der Waals surface area (Å²) in [7, 11) is 0. The Balaban J connectivity index is 2.09. The van der Waals surface area contributed by atoms with Gasteiger partial charge in [-0.05, 0) is 55.3 Å². The number of halogens is 2. The van der Waals surface area contributed by atoms with Crippen molar-refractivity contribution in [3.63, 3.8) is 0 Å². The van der Waals surface area contributed by atoms with Crippen LogP contribution in [-0.4, -0.2) is 5.97 Å². The van der Waals surface area contributed by atoms with E-state index in [1.165, 1.54) is 18.2 Å². The van der Waals surface area contributed by atoms with E-state index in [4.69, 9.17) is 32.4 Å². The molecule has 0 spiro atoms. The smallest absolute Gasteiger partial charge is 0.345 e. The molecule has 1 aromatic heterocycles. The molecule has 0 aliphatic carbocycles. The maximum absolute atomic E-state index is 12.4. The fourth-order valence-electron chi connectivity index (χ4n) is 2.47. The summed E-state index contributed by atoms with van der Waals surface area (Å²) in [5.74, 6) is -0.309. The van der Waals surface area contributed by atoms with Gasteiger partial charge in [0.05, 0.1) is 16.0 Å². The van der Waals surface area contributed by atoms with Gasteiger partial charge in [0.15, 0.2) is 0 Å². The van der Waals surface area contributed by atoms with Crippen molar-refractivity contribution in [2.45, 2.75) is 13.8 Å². The SMILES string of the molecule is Cc1cc(OC(=O)c2ccc(Cl)cc2Cl)c2c(C)cc(=O)oc2c1. The normalized spacial score (nSPS) is 10.8. The third-order valence-electron chi connectivity index (χ3n) is 3.50. The quantitative estimate of drug-likeness (QED) is 0.368. The van der Waals surface area contributed by atoms with Crippen molar-refractivity contribution in [1.82, 2.24) is 0 Å². The van der Waals surface area contributed by atoms with Gasteiger partial charge >= 0.3 is 11.6 Å². The molecule has 0 aliphatic heterocycles. The van der Waals surface area contributed by atoms with E-state index in [0.717, 1.165) is 5.56 Å². The minimum Gasteiger partial charge on any atom is -0.423 e. The van der Waals surface area contributed by atoms with Gasteiger partial charge in [-0.15, -0.1) is 0 Å². The molecule has 0 radical (unpaired) electrons. The lowest BCUT2D eigenvalue weighted by molar-refractivity contribution is 0.0737. The Morgan fingerprint density at radius 1 is 1.08 bits per heavy atom. The number of carbonyl (C=O) groups is 1. The highest BCUT2D eigenvalue weighted by atomic mass is 35.5. The average Bonchev–Trinajstić information content (AvgIpc) is 2.45. The molecule has 2 aromatic carbocycles. The topological polar surface area (TPSA) is 56.5 Å². The largest absolute Gasteiger partial charge is 0.423 e. The van der Waals surface area contributed by atoms with E-state index in [1.807, 2.05) is 6.92 Å². The predicted molar refractivity (Wildman–Crippen MR) is 93.4 cm³/mol. The van der Waals surface area contributed by atoms with Crippen LogP contribution < -0.4 is 10.4 Å². The van der Waals surface area contributed by atoms with Crippen molar-refractivity contribution in [3.05, 3.63) is 73.6 Å². The summed E-state index contributed by atoms with van der Waals surface area (Å²) in [6.45, 7) is 3.57. The molecule has 0 fully saturated rings. The Kier molecular flexibility index (Phi) is 4.35. The summed E-state index contributed by atoms with van der Waals surface area (Å²) in [5, 5.41) is 1.20. The fourth-order valence-corrected chi connectivity index (χ4v) is 2.95. The number of fused-ring (bicyclic) bond motifs is 1. The van der Waals surface area contributed by atoms with Gasteiger partial charge in [0.2, 0.25) is 0 Å². The number of ether oxygens (including phenoxy) is 1. The first kappa shape index (κ1) is 16.6. The van der Waals surface area contributed by atoms with Crippen LogP contribution >= 0.6 is 23.2 Å². The second-order valence-electron chi connectivity index (χ2n) is 5.40. The molecule has 0 N–H and O–H groups in total. The molecular weight excluding hydrogens is 351 g/mol. The molecule has 0 unspecified atom stereocenters. The Hall–Kier alpha value is -2.30. The average molecular weight is 363 g/mol. The van der Waals surface area contributed by atoms with Crippen molar-refractivity contribution < 1.29 is 13.9 Å². The summed E-state index contributed by atoms with van der Waals surface area (Å²) >= 11 is 11.9. The summed E-state index contributed by atoms with van der Waals surface area (Å²) in [5.41, 5.74) is 1.56. The molecule has 24 heavy (non-hydrogen) atoms. The highest BCUT2D eigenvalue weighted by Crippen LogP contribution is 2.31. The van der Waals surface area contributed by atoms with Crippen LogP contribution in [0.1, 0.15) is 21.5 Å². The van der Waals surface area contributed by atoms with E-state index in [1.54, 1.807) is 25.1 Å². The molecule has 0 aliphatic rings. The van der Waals surface area contributed by atoms with Gasteiger partial charge in [-0.25, -0.2) is 9.59 Å². The van der Waals surface area contributed by atoms with Gasteiger partial charge in [0.1, 0.15) is 11.3 Å². The number of hydrogen-bond acceptors (Lipinski definition) is 4. The van der Waals surface area contributed by atoms with Crippen LogP contribution in [0.3, 0.4) is 0 Å². The molecule has 0 saturated carbocycles. The third kappa shape index (κ3) is 3.16. The summed E-state index contributed by atoms with van der Waals surface area (Å²) in [6.07, 6.45) is 0. The Labute approximate surface area is 147 Å². The first-order valence-corrected chi connectivity index (χ1v) is 7.83. The van der Waals surface area contributed by atoms with Crippen LogP contribution in [0.15, 0.2) is 45.6 Å². The molecule has 4 nitrogen and oxygen atoms in total. The summed E-state index contributed by atoms with van der Waals surface area (Å²) in [6, 6.07) is 9.30. The van der Waals surface area contributed by atoms with Crippen molar-refractivity contribution in [3.8, 4) is 5.75 Å². The van der Waals surface area contributed by atoms with E-state index >= 15 is 0 Å². The minimum absolute atomic E-state index is 0.200. The monoisotopic (exact) mass is 362 g/mol. The molecule has 3 rings (SSSR count). The first-order chi connectivity index (χ1) is 11.3. The highest BCUT2D eigenvalue weighted by molar-refractivity contribution is 6.36. The molecule has 0 bridgehead atoms. The first-order valence-electron chi connectivity index (χ1n) is 7.07. The van der Waals surface area contributed by atoms with Gasteiger partial charge in [-0.1, -0.05) is 23.2 Å². The lowest BCUT2D eigenvalue weighted by Gasteiger charge is -2.11. The Morgan fingerprint density at radius 2 is 1.83 bits per heavy atom. The second kappa shape index (κ2) is 6.30. The van der Waals surface area contributed by atoms with Gasteiger partial charge in [-0.3, -0.25) is 0 Å². The summed E-state index contributed by atoms with van der Waals surface area (Å²) in [4.78, 5) is 24.0. The zero-order valence-corrected chi connectivity index (χ0v) is 14.4. The third-order valence-corrected chi connectivity index (χ3v) is 4.05. The lowest BCUT2D eigenvalue weighted by Crippen LogP contribution is -2.10. The molecule has 6 heteroatoms. The Morgan fingerprint density at radius 3 is 2.54 bits per heavy atom. The molecule has 0 saturated heterocycles. The van der Waals surface area contributed by atoms with Gasteiger partial charge in [0.25, 0.3) is 0 Å². The number of rotatable bonds is 2. The van der Waals surface area contributed by atoms with E-state index in [2.05, 4.69) is 0 Å². The predicted octanol–water partition coefficient (Wildman–Crippen LogP) is 4.94. The molecule has 3 aromatic rings. The van der Waals surface area contributed by atoms with Gasteiger partial charge < -0.3 is 9.15 Å². The van der Waals surface area contributed by atoms with Crippen molar-refractivity contribution >= 4 is 40.1 Å². The number of carbonyl (C=O) groups excluding carboxylic acids is 1. The zero-order chi connectivity index (χ0) is 17.4. The van der Waals surface area contributed by atoms with Gasteiger partial charge in [0, 0.05) is 11.1 Å². The van der Waals surface area contributed by atoms with Crippen LogP contribution in [-0.2, 0) is 0 Å². The number of benzene rings is 2. The summed E-state index contributed by atoms with van der Waals surface area (Å²) < 4.78 is 10.7. The van der Waals surface area contributed by atoms with Crippen molar-refractivity contribution in [1.29, 1.82) is 0 Å². The molecular formula is C18H12Cl2O4. The van der Waals surface area contributed by atoms with E-state index in [-0.39, 0.29) is 10.6 Å². The number of esters is 1. The molecule has 0 atom stereocenters. The number of hydrogen-bond donors (Lipinski definition) is 0. The van der Waals surface area contributed by atoms with E-state index in [9.17, 15) is 9.59 Å². The molecule has 122 valence electrons. The standard InChI is InChI=1S/C18H12Cl2O4/c1-9-5-14-17(10(2)7-16(21)23-14)15(6-9)24-18(22)12-4-3-11(19)8-13(12)20/h3-8H,1-2H3.